The summed E-state index contributed by atoms with van der Waals surface area (Å²) in [6.07, 6.45) is 1.99. The van der Waals surface area contributed by atoms with E-state index in [0.29, 0.717) is 35.5 Å². The first-order valence-electron chi connectivity index (χ1n) is 20.6. The molecule has 4 fully saturated rings. The number of imidazole rings is 2. The first-order chi connectivity index (χ1) is 28.8. The molecule has 14 nitrogen and oxygen atoms in total. The van der Waals surface area contributed by atoms with Gasteiger partial charge in [-0.25, -0.2) is 23.9 Å². The number of methoxy groups -OCH3 is 2. The molecule has 9 rings (SSSR count). The summed E-state index contributed by atoms with van der Waals surface area (Å²) in [6.45, 7) is 7.53. The molecule has 314 valence electrons. The van der Waals surface area contributed by atoms with E-state index in [-0.39, 0.29) is 58.2 Å². The normalized spacial score (nSPS) is 23.8. The van der Waals surface area contributed by atoms with Crippen molar-refractivity contribution in [2.45, 2.75) is 89.6 Å². The highest BCUT2D eigenvalue weighted by Gasteiger charge is 2.57. The molecule has 2 saturated heterocycles. The number of carbonyl (C=O) groups excluding carboxylic acids is 4. The molecular formula is C44H48ClFN8O6. The van der Waals surface area contributed by atoms with Crippen LogP contribution < -0.4 is 10.6 Å². The summed E-state index contributed by atoms with van der Waals surface area (Å²) in [6, 6.07) is 12.9. The largest absolute Gasteiger partial charge is 0.453 e. The summed E-state index contributed by atoms with van der Waals surface area (Å²) < 4.78 is 25.7. The van der Waals surface area contributed by atoms with Crippen LogP contribution in [0.2, 0.25) is 5.15 Å². The lowest BCUT2D eigenvalue weighted by Gasteiger charge is -2.31. The van der Waals surface area contributed by atoms with Crippen LogP contribution in [-0.2, 0) is 19.1 Å². The molecule has 4 aliphatic rings. The van der Waals surface area contributed by atoms with Crippen LogP contribution in [0.15, 0.2) is 48.5 Å². The monoisotopic (exact) mass is 838 g/mol. The Hall–Kier alpha value is -5.70. The number of ether oxygens (including phenoxy) is 2. The number of aromatic amines is 2. The molecule has 2 aromatic heterocycles. The Labute approximate surface area is 350 Å². The fraction of sp³-hybridized carbons (Fsp3) is 0.455. The third-order valence-corrected chi connectivity index (χ3v) is 13.1. The number of hydrogen-bond acceptors (Lipinski definition) is 8. The van der Waals surface area contributed by atoms with Gasteiger partial charge in [0.05, 0.1) is 37.3 Å². The SMILES string of the molecule is COC(=O)N[C@H](C(=O)N1C(c2nc(-c3ccc(-c4ccc5c(ccc6[nH]c([C@@H]7C[C@H]8C[C@H]8N7C(=O)[C@@H](NC(=O)OC)C(C)C)nc65)c4)cc3F)c(Cl)[nH]2)C[C@H]2C[C@H]21)C(C)C. The maximum Gasteiger partial charge on any atom is 0.407 e. The molecule has 1 unspecified atom stereocenters. The van der Waals surface area contributed by atoms with Gasteiger partial charge in [-0.3, -0.25) is 9.59 Å². The number of benzene rings is 3. The fourth-order valence-electron chi connectivity index (χ4n) is 9.51. The number of fused-ring (bicyclic) bond motifs is 5. The summed E-state index contributed by atoms with van der Waals surface area (Å²) in [4.78, 5) is 72.1. The van der Waals surface area contributed by atoms with E-state index in [0.717, 1.165) is 46.6 Å². The maximum absolute atomic E-state index is 16.1. The van der Waals surface area contributed by atoms with Crippen LogP contribution in [0.1, 0.15) is 77.1 Å². The van der Waals surface area contributed by atoms with Gasteiger partial charge in [0, 0.05) is 23.0 Å². The van der Waals surface area contributed by atoms with E-state index in [1.165, 1.54) is 20.3 Å². The minimum absolute atomic E-state index is 0.0411. The van der Waals surface area contributed by atoms with Gasteiger partial charge in [0.25, 0.3) is 0 Å². The molecule has 4 amide bonds. The number of H-pyrrole nitrogens is 2. The van der Waals surface area contributed by atoms with E-state index in [4.69, 9.17) is 31.0 Å². The van der Waals surface area contributed by atoms with Crippen LogP contribution in [0.4, 0.5) is 14.0 Å². The molecule has 60 heavy (non-hydrogen) atoms. The Balaban J connectivity index is 0.954. The second-order valence-corrected chi connectivity index (χ2v) is 17.7. The van der Waals surface area contributed by atoms with Crippen LogP contribution in [0, 0.1) is 29.5 Å². The highest BCUT2D eigenvalue weighted by atomic mass is 35.5. The van der Waals surface area contributed by atoms with Crippen LogP contribution in [-0.4, -0.2) is 92.1 Å². The third-order valence-electron chi connectivity index (χ3n) is 12.9. The van der Waals surface area contributed by atoms with Crippen molar-refractivity contribution in [3.8, 4) is 22.4 Å². The van der Waals surface area contributed by atoms with Crippen LogP contribution in [0.3, 0.4) is 0 Å². The molecular weight excluding hydrogens is 791 g/mol. The van der Waals surface area contributed by atoms with Gasteiger partial charge in [-0.05, 0) is 90.1 Å². The van der Waals surface area contributed by atoms with E-state index in [2.05, 4.69) is 20.6 Å². The quantitative estimate of drug-likeness (QED) is 0.111. The molecule has 2 saturated carbocycles. The van der Waals surface area contributed by atoms with Crippen molar-refractivity contribution in [3.63, 3.8) is 0 Å². The Morgan fingerprint density at radius 2 is 1.30 bits per heavy atom. The fourth-order valence-corrected chi connectivity index (χ4v) is 9.75. The lowest BCUT2D eigenvalue weighted by Crippen LogP contribution is -2.52. The summed E-state index contributed by atoms with van der Waals surface area (Å²) in [7, 11) is 2.55. The van der Waals surface area contributed by atoms with Crippen molar-refractivity contribution in [3.05, 3.63) is 71.2 Å². The first kappa shape index (κ1) is 39.7. The van der Waals surface area contributed by atoms with E-state index >= 15 is 4.39 Å². The van der Waals surface area contributed by atoms with Crippen molar-refractivity contribution in [2.75, 3.05) is 14.2 Å². The summed E-state index contributed by atoms with van der Waals surface area (Å²) in [5.41, 5.74) is 3.58. The molecule has 3 aromatic carbocycles. The smallest absolute Gasteiger partial charge is 0.407 e. The number of carbonyl (C=O) groups is 4. The van der Waals surface area contributed by atoms with Gasteiger partial charge in [0.2, 0.25) is 11.8 Å². The average molecular weight is 839 g/mol. The zero-order chi connectivity index (χ0) is 42.3. The number of alkyl carbamates (subject to hydrolysis) is 2. The van der Waals surface area contributed by atoms with Crippen molar-refractivity contribution in [1.82, 2.24) is 40.4 Å². The highest BCUT2D eigenvalue weighted by molar-refractivity contribution is 6.32. The number of hydrogen-bond donors (Lipinski definition) is 4. The molecule has 4 N–H and O–H groups in total. The maximum atomic E-state index is 16.1. The number of halogens is 2. The molecule has 2 aliphatic carbocycles. The number of piperidine rings is 2. The minimum Gasteiger partial charge on any atom is -0.453 e. The lowest BCUT2D eigenvalue weighted by molar-refractivity contribution is -0.137. The Morgan fingerprint density at radius 1 is 0.750 bits per heavy atom. The molecule has 16 heteroatoms. The summed E-state index contributed by atoms with van der Waals surface area (Å²) >= 11 is 6.69. The van der Waals surface area contributed by atoms with E-state index in [1.807, 2.05) is 69.0 Å². The van der Waals surface area contributed by atoms with Crippen molar-refractivity contribution in [1.29, 1.82) is 0 Å². The Kier molecular flexibility index (Phi) is 9.99. The standard InChI is InChI=1S/C44H48ClFN8O6/c1-19(2)34(50-43(57)59-5)41(55)53-30-15-24(30)17-32(53)39-47-29-12-9-23-13-21(7-10-26(23)36(29)48-39)22-8-11-27(28(46)14-22)37-38(45)52-40(49-37)33-18-25-16-31(25)54(33)42(56)35(20(3)4)51-44(58)60-6/h7-14,19-20,24-25,30-35H,15-18H2,1-6H3,(H,47,48)(H,49,52)(H,50,57)(H,51,58)/t24-,25-,30-,31-,32+,33?,34+,35+/m1/s1. The first-order valence-corrected chi connectivity index (χ1v) is 20.9. The summed E-state index contributed by atoms with van der Waals surface area (Å²) in [5, 5.41) is 7.42. The van der Waals surface area contributed by atoms with Gasteiger partial charge in [-0.1, -0.05) is 63.6 Å². The van der Waals surface area contributed by atoms with Crippen molar-refractivity contribution in [2.24, 2.45) is 23.7 Å². The Morgan fingerprint density at radius 3 is 1.85 bits per heavy atom. The number of nitrogens with one attached hydrogen (secondary N) is 4. The lowest BCUT2D eigenvalue weighted by atomic mass is 9.99. The minimum atomic E-state index is -0.778. The molecule has 0 bridgehead atoms. The molecule has 0 spiro atoms. The zero-order valence-electron chi connectivity index (χ0n) is 34.2. The predicted molar refractivity (Wildman–Crippen MR) is 222 cm³/mol. The molecule has 0 radical (unpaired) electrons. The zero-order valence-corrected chi connectivity index (χ0v) is 35.0. The van der Waals surface area contributed by atoms with Crippen molar-refractivity contribution >= 4 is 57.4 Å². The van der Waals surface area contributed by atoms with E-state index in [1.54, 1.807) is 11.0 Å². The predicted octanol–water partition coefficient (Wildman–Crippen LogP) is 7.65. The van der Waals surface area contributed by atoms with Gasteiger partial charge in [0.15, 0.2) is 0 Å². The van der Waals surface area contributed by atoms with Crippen LogP contribution in [0.5, 0.6) is 0 Å². The average Bonchev–Trinajstić information content (AvgIpc) is 3.91. The number of likely N-dealkylation sites (tertiary alicyclic amines) is 2. The summed E-state index contributed by atoms with van der Waals surface area (Å²) in [5.74, 6) is 0.735. The topological polar surface area (TPSA) is 175 Å². The molecule has 2 aliphatic heterocycles. The second kappa shape index (κ2) is 15.1. The van der Waals surface area contributed by atoms with Crippen LogP contribution in [0.25, 0.3) is 44.2 Å². The Bertz CT molecular complexity index is 2560. The number of aromatic nitrogens is 4. The second-order valence-electron chi connectivity index (χ2n) is 17.3. The van der Waals surface area contributed by atoms with Gasteiger partial charge in [-0.15, -0.1) is 0 Å². The van der Waals surface area contributed by atoms with Gasteiger partial charge in [0.1, 0.15) is 40.4 Å². The van der Waals surface area contributed by atoms with E-state index < -0.39 is 36.1 Å². The number of rotatable bonds is 10. The highest BCUT2D eigenvalue weighted by Crippen LogP contribution is 2.55. The van der Waals surface area contributed by atoms with Crippen molar-refractivity contribution < 1.29 is 33.0 Å². The molecule has 8 atom stereocenters. The molecule has 4 heterocycles. The molecule has 5 aromatic rings. The van der Waals surface area contributed by atoms with Gasteiger partial charge < -0.3 is 39.9 Å². The van der Waals surface area contributed by atoms with Gasteiger partial charge >= 0.3 is 12.2 Å². The number of nitrogens with zero attached hydrogens (tertiary/aromatic N) is 4. The third kappa shape index (κ3) is 6.89. The number of amides is 4. The van der Waals surface area contributed by atoms with E-state index in [9.17, 15) is 19.2 Å². The van der Waals surface area contributed by atoms with Crippen LogP contribution >= 0.6 is 11.6 Å². The van der Waals surface area contributed by atoms with Gasteiger partial charge in [-0.2, -0.15) is 0 Å².